The van der Waals surface area contributed by atoms with Gasteiger partial charge in [-0.25, -0.2) is 9.38 Å². The van der Waals surface area contributed by atoms with Gasteiger partial charge >= 0.3 is 0 Å². The van der Waals surface area contributed by atoms with Gasteiger partial charge in [0.05, 0.1) is 16.7 Å². The van der Waals surface area contributed by atoms with E-state index in [0.717, 1.165) is 10.9 Å². The quantitative estimate of drug-likeness (QED) is 0.279. The average Bonchev–Trinajstić information content (AvgIpc) is 3.58. The number of para-hydroxylation sites is 1. The van der Waals surface area contributed by atoms with Crippen LogP contribution in [0.5, 0.6) is 0 Å². The largest absolute Gasteiger partial charge is 0.461 e. The Morgan fingerprint density at radius 1 is 1.06 bits per heavy atom. The zero-order chi connectivity index (χ0) is 24.8. The molecular formula is C25H21N7O4. The Hall–Kier alpha value is -4.80. The summed E-state index contributed by atoms with van der Waals surface area (Å²) in [5, 5.41) is 20.7. The lowest BCUT2D eigenvalue weighted by Crippen LogP contribution is -2.54. The van der Waals surface area contributed by atoms with Gasteiger partial charge in [-0.15, -0.1) is 10.2 Å². The minimum absolute atomic E-state index is 0.0443. The van der Waals surface area contributed by atoms with Gasteiger partial charge in [0, 0.05) is 48.8 Å². The number of non-ortho nitro benzene ring substituents is 1. The highest BCUT2D eigenvalue weighted by Crippen LogP contribution is 2.30. The summed E-state index contributed by atoms with van der Waals surface area (Å²) in [5.74, 6) is 1.66. The van der Waals surface area contributed by atoms with Crippen LogP contribution in [0.4, 0.5) is 11.6 Å². The summed E-state index contributed by atoms with van der Waals surface area (Å²) in [6, 6.07) is 17.0. The fourth-order valence-corrected chi connectivity index (χ4v) is 4.68. The highest BCUT2D eigenvalue weighted by atomic mass is 16.6. The molecule has 0 saturated carbocycles. The second-order valence-corrected chi connectivity index (χ2v) is 8.69. The zero-order valence-electron chi connectivity index (χ0n) is 19.3. The molecule has 0 bridgehead atoms. The molecule has 2 aromatic carbocycles. The van der Waals surface area contributed by atoms with E-state index in [0.29, 0.717) is 48.4 Å². The van der Waals surface area contributed by atoms with Crippen molar-refractivity contribution in [2.75, 3.05) is 24.5 Å². The van der Waals surface area contributed by atoms with Gasteiger partial charge in [-0.1, -0.05) is 12.1 Å². The summed E-state index contributed by atoms with van der Waals surface area (Å²) in [6.07, 6.45) is 1.59. The third kappa shape index (κ3) is 3.52. The maximum Gasteiger partial charge on any atom is 0.269 e. The number of nitro benzene ring substituents is 1. The molecular weight excluding hydrogens is 462 g/mol. The maximum absolute atomic E-state index is 13.2. The molecule has 6 rings (SSSR count). The van der Waals surface area contributed by atoms with Crippen LogP contribution in [-0.4, -0.2) is 61.0 Å². The predicted octanol–water partition coefficient (Wildman–Crippen LogP) is 3.80. The van der Waals surface area contributed by atoms with Crippen LogP contribution >= 0.6 is 0 Å². The van der Waals surface area contributed by atoms with Gasteiger partial charge in [-0.2, -0.15) is 0 Å². The Kier molecular flexibility index (Phi) is 5.10. The first-order valence-corrected chi connectivity index (χ1v) is 11.5. The zero-order valence-corrected chi connectivity index (χ0v) is 19.3. The number of fused-ring (bicyclic) bond motifs is 3. The van der Waals surface area contributed by atoms with Crippen LogP contribution in [0, 0.1) is 10.1 Å². The number of amides is 1. The Labute approximate surface area is 204 Å². The summed E-state index contributed by atoms with van der Waals surface area (Å²) < 4.78 is 7.52. The number of carbonyl (C=O) groups is 1. The minimum atomic E-state index is -0.477. The molecule has 5 aromatic rings. The molecule has 0 unspecified atom stereocenters. The molecule has 0 radical (unpaired) electrons. The predicted molar refractivity (Wildman–Crippen MR) is 132 cm³/mol. The fraction of sp³-hybridized carbons (Fsp3) is 0.200. The molecule has 180 valence electrons. The molecule has 1 aliphatic rings. The molecule has 11 nitrogen and oxygen atoms in total. The average molecular weight is 483 g/mol. The van der Waals surface area contributed by atoms with Crippen molar-refractivity contribution < 1.29 is 14.1 Å². The number of hydrogen-bond acceptors (Lipinski definition) is 8. The fourth-order valence-electron chi connectivity index (χ4n) is 4.68. The standard InChI is InChI=1S/C25H21N7O4/c1-16-15-29(12-13-30(16)24(33)17-8-10-18(11-9-17)32(34)35)25-26-20-6-3-2-5-19(20)22-27-28-23(31(22)25)21-7-4-14-36-21/h2-11,14,16H,12-13,15H2,1H3/t16-/m0/s1. The monoisotopic (exact) mass is 483 g/mol. The number of carbonyl (C=O) groups excluding carboxylic acids is 1. The minimum Gasteiger partial charge on any atom is -0.461 e. The number of rotatable bonds is 4. The van der Waals surface area contributed by atoms with Crippen LogP contribution in [0.25, 0.3) is 28.1 Å². The van der Waals surface area contributed by atoms with Crippen molar-refractivity contribution in [2.45, 2.75) is 13.0 Å². The molecule has 0 spiro atoms. The second kappa shape index (κ2) is 8.45. The van der Waals surface area contributed by atoms with Crippen molar-refractivity contribution in [1.82, 2.24) is 24.5 Å². The molecule has 1 amide bonds. The van der Waals surface area contributed by atoms with E-state index in [1.165, 1.54) is 24.3 Å². The summed E-state index contributed by atoms with van der Waals surface area (Å²) in [5.41, 5.74) is 1.86. The number of nitro groups is 1. The third-order valence-electron chi connectivity index (χ3n) is 6.47. The lowest BCUT2D eigenvalue weighted by atomic mass is 10.1. The Bertz CT molecular complexity index is 1590. The molecule has 11 heteroatoms. The number of hydrogen-bond donors (Lipinski definition) is 0. The van der Waals surface area contributed by atoms with Crippen molar-refractivity contribution in [3.63, 3.8) is 0 Å². The molecule has 0 N–H and O–H groups in total. The first kappa shape index (κ1) is 21.7. The Morgan fingerprint density at radius 3 is 2.58 bits per heavy atom. The molecule has 1 saturated heterocycles. The van der Waals surface area contributed by atoms with Crippen LogP contribution in [0.15, 0.2) is 71.3 Å². The van der Waals surface area contributed by atoms with E-state index >= 15 is 0 Å². The molecule has 3 aromatic heterocycles. The van der Waals surface area contributed by atoms with E-state index in [1.54, 1.807) is 17.2 Å². The van der Waals surface area contributed by atoms with Gasteiger partial charge in [0.1, 0.15) is 0 Å². The second-order valence-electron chi connectivity index (χ2n) is 8.69. The number of furan rings is 1. The van der Waals surface area contributed by atoms with Crippen LogP contribution in [0.2, 0.25) is 0 Å². The normalized spacial score (nSPS) is 16.1. The number of piperazine rings is 1. The number of anilines is 1. The van der Waals surface area contributed by atoms with E-state index in [9.17, 15) is 14.9 Å². The third-order valence-corrected chi connectivity index (χ3v) is 6.47. The highest BCUT2D eigenvalue weighted by molar-refractivity contribution is 5.95. The molecule has 0 aliphatic carbocycles. The number of nitrogens with zero attached hydrogens (tertiary/aromatic N) is 7. The van der Waals surface area contributed by atoms with Crippen molar-refractivity contribution in [2.24, 2.45) is 0 Å². The highest BCUT2D eigenvalue weighted by Gasteiger charge is 2.31. The summed E-state index contributed by atoms with van der Waals surface area (Å²) in [7, 11) is 0. The summed E-state index contributed by atoms with van der Waals surface area (Å²) >= 11 is 0. The van der Waals surface area contributed by atoms with Gasteiger partial charge in [0.2, 0.25) is 11.8 Å². The van der Waals surface area contributed by atoms with Crippen LogP contribution in [0.3, 0.4) is 0 Å². The molecule has 4 heterocycles. The van der Waals surface area contributed by atoms with E-state index < -0.39 is 4.92 Å². The lowest BCUT2D eigenvalue weighted by molar-refractivity contribution is -0.384. The van der Waals surface area contributed by atoms with Crippen molar-refractivity contribution >= 4 is 34.1 Å². The number of aromatic nitrogens is 4. The lowest BCUT2D eigenvalue weighted by Gasteiger charge is -2.40. The molecule has 1 aliphatic heterocycles. The van der Waals surface area contributed by atoms with Crippen LogP contribution in [0.1, 0.15) is 17.3 Å². The Balaban J connectivity index is 1.35. The van der Waals surface area contributed by atoms with Crippen LogP contribution in [-0.2, 0) is 0 Å². The molecule has 1 atom stereocenters. The van der Waals surface area contributed by atoms with Crippen LogP contribution < -0.4 is 4.90 Å². The van der Waals surface area contributed by atoms with E-state index in [-0.39, 0.29) is 17.6 Å². The van der Waals surface area contributed by atoms with E-state index in [2.05, 4.69) is 15.1 Å². The smallest absolute Gasteiger partial charge is 0.269 e. The number of benzene rings is 2. The summed E-state index contributed by atoms with van der Waals surface area (Å²) in [4.78, 5) is 32.5. The maximum atomic E-state index is 13.2. The SMILES string of the molecule is C[C@H]1CN(c2nc3ccccc3c3nnc(-c4ccco4)n23)CCN1C(=O)c1ccc([N+](=O)[O-])cc1. The molecule has 1 fully saturated rings. The van der Waals surface area contributed by atoms with Gasteiger partial charge in [-0.3, -0.25) is 14.9 Å². The van der Waals surface area contributed by atoms with E-state index in [4.69, 9.17) is 9.40 Å². The van der Waals surface area contributed by atoms with Crippen molar-refractivity contribution in [3.05, 3.63) is 82.6 Å². The van der Waals surface area contributed by atoms with E-state index in [1.807, 2.05) is 41.7 Å². The van der Waals surface area contributed by atoms with Crippen molar-refractivity contribution in [3.8, 4) is 11.6 Å². The molecule has 36 heavy (non-hydrogen) atoms. The van der Waals surface area contributed by atoms with Crippen molar-refractivity contribution in [1.29, 1.82) is 0 Å². The topological polar surface area (TPSA) is 123 Å². The first-order valence-electron chi connectivity index (χ1n) is 11.5. The summed E-state index contributed by atoms with van der Waals surface area (Å²) in [6.45, 7) is 3.52. The van der Waals surface area contributed by atoms with Gasteiger partial charge < -0.3 is 14.2 Å². The van der Waals surface area contributed by atoms with Gasteiger partial charge in [0.15, 0.2) is 11.4 Å². The van der Waals surface area contributed by atoms with Gasteiger partial charge in [0.25, 0.3) is 11.6 Å². The first-order chi connectivity index (χ1) is 17.5. The van der Waals surface area contributed by atoms with Gasteiger partial charge in [-0.05, 0) is 43.3 Å². The Morgan fingerprint density at radius 2 is 1.86 bits per heavy atom.